The number of hydrogen-bond donors (Lipinski definition) is 2. The quantitative estimate of drug-likeness (QED) is 0.778. The summed E-state index contributed by atoms with van der Waals surface area (Å²) in [6.45, 7) is 3.71. The molecule has 0 bridgehead atoms. The first-order valence-electron chi connectivity index (χ1n) is 6.21. The van der Waals surface area contributed by atoms with Gasteiger partial charge >= 0.3 is 0 Å². The predicted octanol–water partition coefficient (Wildman–Crippen LogP) is 1.73. The highest BCUT2D eigenvalue weighted by atomic mass is 32.2. The number of anilines is 2. The van der Waals surface area contributed by atoms with Crippen molar-refractivity contribution < 1.29 is 13.2 Å². The number of nitrogens with one attached hydrogen (secondary N) is 1. The largest absolute Gasteiger partial charge is 0.397 e. The molecule has 19 heavy (non-hydrogen) atoms. The molecule has 1 aromatic carbocycles. The number of benzene rings is 1. The van der Waals surface area contributed by atoms with Crippen LogP contribution in [0.25, 0.3) is 0 Å². The molecule has 5 nitrogen and oxygen atoms in total. The lowest BCUT2D eigenvalue weighted by Gasteiger charge is -2.11. The topological polar surface area (TPSA) is 89.3 Å². The first-order chi connectivity index (χ1) is 8.85. The minimum absolute atomic E-state index is 0.0418. The summed E-state index contributed by atoms with van der Waals surface area (Å²) in [6, 6.07) is 5.24. The van der Waals surface area contributed by atoms with Gasteiger partial charge in [0.25, 0.3) is 0 Å². The van der Waals surface area contributed by atoms with Crippen molar-refractivity contribution in [1.29, 1.82) is 0 Å². The van der Waals surface area contributed by atoms with E-state index in [9.17, 15) is 13.2 Å². The van der Waals surface area contributed by atoms with Crippen molar-refractivity contribution in [3.05, 3.63) is 23.8 Å². The highest BCUT2D eigenvalue weighted by Crippen LogP contribution is 2.22. The molecule has 0 aliphatic carbocycles. The van der Waals surface area contributed by atoms with Crippen molar-refractivity contribution in [2.45, 2.75) is 26.7 Å². The summed E-state index contributed by atoms with van der Waals surface area (Å²) in [5, 5.41) is 2.57. The van der Waals surface area contributed by atoms with Crippen LogP contribution in [0.4, 0.5) is 11.4 Å². The summed E-state index contributed by atoms with van der Waals surface area (Å²) < 4.78 is 23.3. The smallest absolute Gasteiger partial charge is 0.239 e. The SMILES string of the molecule is CCCCS(=O)(=O)CC(=O)Nc1c(C)cccc1N. The molecule has 0 aliphatic heterocycles. The molecule has 0 aromatic heterocycles. The third kappa shape index (κ3) is 4.90. The second-order valence-electron chi connectivity index (χ2n) is 4.53. The zero-order valence-electron chi connectivity index (χ0n) is 11.3. The predicted molar refractivity (Wildman–Crippen MR) is 77.8 cm³/mol. The zero-order valence-corrected chi connectivity index (χ0v) is 12.1. The van der Waals surface area contributed by atoms with Crippen LogP contribution < -0.4 is 11.1 Å². The van der Waals surface area contributed by atoms with Crippen molar-refractivity contribution in [2.24, 2.45) is 0 Å². The van der Waals surface area contributed by atoms with E-state index in [1.54, 1.807) is 25.1 Å². The number of rotatable bonds is 6. The van der Waals surface area contributed by atoms with Gasteiger partial charge in [-0.3, -0.25) is 4.79 Å². The third-order valence-corrected chi connectivity index (χ3v) is 4.34. The van der Waals surface area contributed by atoms with Gasteiger partial charge in [-0.25, -0.2) is 8.42 Å². The Morgan fingerprint density at radius 1 is 1.37 bits per heavy atom. The Hall–Kier alpha value is -1.56. The van der Waals surface area contributed by atoms with Crippen LogP contribution in [0.15, 0.2) is 18.2 Å². The van der Waals surface area contributed by atoms with Gasteiger partial charge in [-0.15, -0.1) is 0 Å². The van der Waals surface area contributed by atoms with Crippen LogP contribution in [-0.4, -0.2) is 25.8 Å². The van der Waals surface area contributed by atoms with Crippen molar-refractivity contribution >= 4 is 27.1 Å². The normalized spacial score (nSPS) is 11.3. The van der Waals surface area contributed by atoms with Crippen LogP contribution >= 0.6 is 0 Å². The summed E-state index contributed by atoms with van der Waals surface area (Å²) >= 11 is 0. The fourth-order valence-electron chi connectivity index (χ4n) is 1.67. The average molecular weight is 284 g/mol. The maximum Gasteiger partial charge on any atom is 0.239 e. The number of nitrogen functional groups attached to an aromatic ring is 1. The second-order valence-corrected chi connectivity index (χ2v) is 6.72. The van der Waals surface area contributed by atoms with Gasteiger partial charge < -0.3 is 11.1 Å². The van der Waals surface area contributed by atoms with E-state index in [2.05, 4.69) is 5.32 Å². The molecule has 1 amide bonds. The lowest BCUT2D eigenvalue weighted by Crippen LogP contribution is -2.25. The Bertz CT molecular complexity index is 533. The highest BCUT2D eigenvalue weighted by molar-refractivity contribution is 7.92. The fourth-order valence-corrected chi connectivity index (χ4v) is 3.02. The lowest BCUT2D eigenvalue weighted by molar-refractivity contribution is -0.113. The number of carbonyl (C=O) groups excluding carboxylic acids is 1. The van der Waals surface area contributed by atoms with Gasteiger partial charge in [0.1, 0.15) is 5.75 Å². The molecule has 0 atom stereocenters. The number of aryl methyl sites for hydroxylation is 1. The summed E-state index contributed by atoms with van der Waals surface area (Å²) in [5.74, 6) is -1.00. The summed E-state index contributed by atoms with van der Waals surface area (Å²) in [6.07, 6.45) is 1.35. The Morgan fingerprint density at radius 2 is 2.05 bits per heavy atom. The fraction of sp³-hybridized carbons (Fsp3) is 0.462. The van der Waals surface area contributed by atoms with Gasteiger partial charge in [-0.2, -0.15) is 0 Å². The maximum atomic E-state index is 11.7. The molecular formula is C13H20N2O3S. The van der Waals surface area contributed by atoms with Gasteiger partial charge in [0.05, 0.1) is 17.1 Å². The highest BCUT2D eigenvalue weighted by Gasteiger charge is 2.17. The molecule has 1 rings (SSSR count). The first-order valence-corrected chi connectivity index (χ1v) is 8.03. The number of unbranched alkanes of at least 4 members (excludes halogenated alkanes) is 1. The molecule has 0 radical (unpaired) electrons. The summed E-state index contributed by atoms with van der Waals surface area (Å²) in [7, 11) is -3.34. The standard InChI is InChI=1S/C13H20N2O3S/c1-3-4-8-19(17,18)9-12(16)15-13-10(2)6-5-7-11(13)14/h5-7H,3-4,8-9,14H2,1-2H3,(H,15,16). The van der Waals surface area contributed by atoms with Crippen LogP contribution in [0.5, 0.6) is 0 Å². The zero-order chi connectivity index (χ0) is 14.5. The minimum Gasteiger partial charge on any atom is -0.397 e. The Balaban J connectivity index is 2.71. The number of sulfone groups is 1. The van der Waals surface area contributed by atoms with Gasteiger partial charge in [0, 0.05) is 0 Å². The van der Waals surface area contributed by atoms with Crippen molar-refractivity contribution in [3.8, 4) is 0 Å². The van der Waals surface area contributed by atoms with E-state index < -0.39 is 21.5 Å². The molecule has 0 spiro atoms. The van der Waals surface area contributed by atoms with E-state index in [1.807, 2.05) is 6.92 Å². The van der Waals surface area contributed by atoms with Crippen LogP contribution in [-0.2, 0) is 14.6 Å². The monoisotopic (exact) mass is 284 g/mol. The Kier molecular flexibility index (Phi) is 5.35. The van der Waals surface area contributed by atoms with Gasteiger partial charge in [0.2, 0.25) is 5.91 Å². The van der Waals surface area contributed by atoms with Crippen molar-refractivity contribution in [1.82, 2.24) is 0 Å². The Labute approximate surface area is 114 Å². The lowest BCUT2D eigenvalue weighted by atomic mass is 10.1. The van der Waals surface area contributed by atoms with E-state index in [4.69, 9.17) is 5.73 Å². The van der Waals surface area contributed by atoms with Crippen molar-refractivity contribution in [2.75, 3.05) is 22.6 Å². The molecule has 0 unspecified atom stereocenters. The minimum atomic E-state index is -3.34. The molecular weight excluding hydrogens is 264 g/mol. The van der Waals surface area contributed by atoms with Crippen LogP contribution in [0.2, 0.25) is 0 Å². The molecule has 0 saturated carbocycles. The van der Waals surface area contributed by atoms with E-state index in [0.29, 0.717) is 17.8 Å². The first kappa shape index (κ1) is 15.5. The number of nitrogens with two attached hydrogens (primary N) is 1. The van der Waals surface area contributed by atoms with Gasteiger partial charge in [0.15, 0.2) is 9.84 Å². The molecule has 1 aromatic rings. The third-order valence-electron chi connectivity index (χ3n) is 2.73. The molecule has 106 valence electrons. The van der Waals surface area contributed by atoms with E-state index in [0.717, 1.165) is 12.0 Å². The maximum absolute atomic E-state index is 11.7. The molecule has 0 fully saturated rings. The number of para-hydroxylation sites is 1. The second kappa shape index (κ2) is 6.56. The van der Waals surface area contributed by atoms with Crippen LogP contribution in [0.3, 0.4) is 0 Å². The van der Waals surface area contributed by atoms with Crippen molar-refractivity contribution in [3.63, 3.8) is 0 Å². The van der Waals surface area contributed by atoms with E-state index in [-0.39, 0.29) is 5.75 Å². The van der Waals surface area contributed by atoms with Crippen LogP contribution in [0, 0.1) is 6.92 Å². The average Bonchev–Trinajstić information content (AvgIpc) is 2.31. The summed E-state index contributed by atoms with van der Waals surface area (Å²) in [4.78, 5) is 11.7. The van der Waals surface area contributed by atoms with E-state index >= 15 is 0 Å². The molecule has 0 saturated heterocycles. The van der Waals surface area contributed by atoms with Crippen LogP contribution in [0.1, 0.15) is 25.3 Å². The van der Waals surface area contributed by atoms with Gasteiger partial charge in [-0.05, 0) is 25.0 Å². The van der Waals surface area contributed by atoms with E-state index in [1.165, 1.54) is 0 Å². The molecule has 0 aliphatic rings. The molecule has 6 heteroatoms. The molecule has 0 heterocycles. The molecule has 3 N–H and O–H groups in total. The van der Waals surface area contributed by atoms with Gasteiger partial charge in [-0.1, -0.05) is 25.5 Å². The number of carbonyl (C=O) groups is 1. The Morgan fingerprint density at radius 3 is 2.63 bits per heavy atom. The number of hydrogen-bond acceptors (Lipinski definition) is 4. The summed E-state index contributed by atoms with van der Waals surface area (Å²) in [5.41, 5.74) is 7.47. The number of amides is 1.